The number of rotatable bonds is 12. The SMILES string of the molecule is COc1ccc(F)cc1-c1ccnc2[nH]c(C3=CCN(C(CO)C(=O)C(CO)N4CC=C(c5cc6c(-c7cc(F)ccc7OC)ccnc6[nH]5)CC4)CC3)cc12. The number of halogens is 2. The lowest BCUT2D eigenvalue weighted by molar-refractivity contribution is -0.132. The highest BCUT2D eigenvalue weighted by Crippen LogP contribution is 2.38. The smallest absolute Gasteiger partial charge is 0.171 e. The molecule has 0 saturated carbocycles. The van der Waals surface area contributed by atoms with Crippen molar-refractivity contribution in [3.05, 3.63) is 108 Å². The van der Waals surface area contributed by atoms with E-state index in [1.165, 1.54) is 24.3 Å². The molecule has 2 atom stereocenters. The Morgan fingerprint density at radius 1 is 0.696 bits per heavy atom. The molecule has 13 heteroatoms. The van der Waals surface area contributed by atoms with Crippen molar-refractivity contribution in [2.24, 2.45) is 0 Å². The standard InChI is InChI=1S/C43H42F2N6O5/c1-55-39-5-3-27(44)19-31(39)29-7-13-46-42-33(29)21-35(48-42)25-9-15-50(16-10-25)37(23-52)41(54)38(24-53)51-17-11-26(12-18-51)36-22-34-30(8-14-47-43(34)49-36)32-20-28(45)4-6-40(32)56-2/h3-9,11,13-14,19-22,37-38,52-53H,10,12,15-18,23-24H2,1-2H3,(H,46,48)(H,47,49). The molecule has 6 aromatic rings. The fourth-order valence-electron chi connectivity index (χ4n) is 8.07. The third kappa shape index (κ3) is 6.98. The summed E-state index contributed by atoms with van der Waals surface area (Å²) < 4.78 is 39.5. The summed E-state index contributed by atoms with van der Waals surface area (Å²) in [7, 11) is 3.11. The van der Waals surface area contributed by atoms with Gasteiger partial charge < -0.3 is 29.7 Å². The van der Waals surface area contributed by atoms with E-state index in [-0.39, 0.29) is 30.6 Å². The number of ketones is 1. The zero-order valence-electron chi connectivity index (χ0n) is 31.1. The molecule has 11 nitrogen and oxygen atoms in total. The summed E-state index contributed by atoms with van der Waals surface area (Å²) in [5.74, 6) is 0.162. The van der Waals surface area contributed by atoms with Gasteiger partial charge in [-0.1, -0.05) is 12.2 Å². The number of methoxy groups -OCH3 is 2. The van der Waals surface area contributed by atoms with Crippen LogP contribution in [-0.2, 0) is 4.79 Å². The van der Waals surface area contributed by atoms with Gasteiger partial charge in [0.25, 0.3) is 0 Å². The van der Waals surface area contributed by atoms with Gasteiger partial charge in [-0.3, -0.25) is 14.6 Å². The largest absolute Gasteiger partial charge is 0.496 e. The number of carbonyl (C=O) groups excluding carboxylic acids is 1. The van der Waals surface area contributed by atoms with Crippen molar-refractivity contribution in [1.29, 1.82) is 0 Å². The minimum atomic E-state index is -0.787. The molecule has 0 bridgehead atoms. The summed E-state index contributed by atoms with van der Waals surface area (Å²) in [6, 6.07) is 15.0. The molecule has 4 N–H and O–H groups in total. The molecule has 2 unspecified atom stereocenters. The van der Waals surface area contributed by atoms with Gasteiger partial charge in [0.2, 0.25) is 0 Å². The second-order valence-corrected chi connectivity index (χ2v) is 14.0. The molecule has 0 radical (unpaired) electrons. The Kier molecular flexibility index (Phi) is 10.5. The summed E-state index contributed by atoms with van der Waals surface area (Å²) in [5, 5.41) is 22.7. The lowest BCUT2D eigenvalue weighted by atomic mass is 9.96. The van der Waals surface area contributed by atoms with Crippen LogP contribution in [0.2, 0.25) is 0 Å². The topological polar surface area (TPSA) is 140 Å². The quantitative estimate of drug-likeness (QED) is 0.114. The Bertz CT molecular complexity index is 2320. The van der Waals surface area contributed by atoms with Gasteiger partial charge in [-0.05, 0) is 95.8 Å². The van der Waals surface area contributed by atoms with E-state index in [4.69, 9.17) is 9.47 Å². The van der Waals surface area contributed by atoms with Crippen molar-refractivity contribution in [1.82, 2.24) is 29.7 Å². The molecule has 2 aliphatic rings. The van der Waals surface area contributed by atoms with E-state index in [0.717, 1.165) is 44.4 Å². The highest BCUT2D eigenvalue weighted by atomic mass is 19.1. The molecular formula is C43H42F2N6O5. The Morgan fingerprint density at radius 2 is 1.14 bits per heavy atom. The molecule has 6 heterocycles. The number of carbonyl (C=O) groups is 1. The molecular weight excluding hydrogens is 719 g/mol. The first-order valence-electron chi connectivity index (χ1n) is 18.6. The number of H-pyrrole nitrogens is 2. The van der Waals surface area contributed by atoms with Crippen LogP contribution in [0.5, 0.6) is 11.5 Å². The van der Waals surface area contributed by atoms with E-state index in [1.54, 1.807) is 38.7 Å². The zero-order valence-corrected chi connectivity index (χ0v) is 31.1. The van der Waals surface area contributed by atoms with Crippen LogP contribution in [0.25, 0.3) is 55.5 Å². The van der Waals surface area contributed by atoms with Crippen molar-refractivity contribution in [3.63, 3.8) is 0 Å². The number of pyridine rings is 2. The van der Waals surface area contributed by atoms with Crippen LogP contribution in [0.3, 0.4) is 0 Å². The number of aliphatic hydroxyl groups is 2. The second kappa shape index (κ2) is 15.8. The van der Waals surface area contributed by atoms with E-state index >= 15 is 0 Å². The minimum Gasteiger partial charge on any atom is -0.496 e. The molecule has 2 aromatic carbocycles. The predicted octanol–water partition coefficient (Wildman–Crippen LogP) is 6.24. The maximum atomic E-state index is 14.3. The normalized spacial score (nSPS) is 16.5. The monoisotopic (exact) mass is 760 g/mol. The molecule has 2 aliphatic heterocycles. The summed E-state index contributed by atoms with van der Waals surface area (Å²) in [6.07, 6.45) is 8.67. The van der Waals surface area contributed by atoms with E-state index in [0.29, 0.717) is 72.9 Å². The van der Waals surface area contributed by atoms with Gasteiger partial charge in [0.1, 0.15) is 34.4 Å². The summed E-state index contributed by atoms with van der Waals surface area (Å²) in [4.78, 5) is 33.7. The van der Waals surface area contributed by atoms with Crippen LogP contribution < -0.4 is 9.47 Å². The average Bonchev–Trinajstić information content (AvgIpc) is 3.87. The van der Waals surface area contributed by atoms with Crippen molar-refractivity contribution in [3.8, 4) is 33.8 Å². The van der Waals surface area contributed by atoms with Gasteiger partial charge in [-0.2, -0.15) is 0 Å². The first-order chi connectivity index (χ1) is 27.3. The maximum Gasteiger partial charge on any atom is 0.171 e. The third-order valence-electron chi connectivity index (χ3n) is 11.0. The molecule has 0 fully saturated rings. The maximum absolute atomic E-state index is 14.3. The Morgan fingerprint density at radius 3 is 1.52 bits per heavy atom. The Hall–Kier alpha value is -5.73. The van der Waals surface area contributed by atoms with E-state index in [9.17, 15) is 23.8 Å². The molecule has 0 spiro atoms. The fraction of sp³-hybridized carbons (Fsp3) is 0.279. The van der Waals surface area contributed by atoms with Gasteiger partial charge in [0.15, 0.2) is 5.78 Å². The molecule has 8 rings (SSSR count). The van der Waals surface area contributed by atoms with Crippen LogP contribution >= 0.6 is 0 Å². The number of hydrogen-bond acceptors (Lipinski definition) is 9. The van der Waals surface area contributed by atoms with Crippen LogP contribution in [0, 0.1) is 11.6 Å². The van der Waals surface area contributed by atoms with Crippen LogP contribution in [0.1, 0.15) is 24.2 Å². The number of ether oxygens (including phenoxy) is 2. The molecule has 56 heavy (non-hydrogen) atoms. The van der Waals surface area contributed by atoms with Crippen molar-refractivity contribution >= 4 is 39.0 Å². The average molecular weight is 761 g/mol. The van der Waals surface area contributed by atoms with E-state index in [2.05, 4.69) is 19.9 Å². The number of hydrogen-bond donors (Lipinski definition) is 4. The van der Waals surface area contributed by atoms with Crippen LogP contribution in [0.4, 0.5) is 8.78 Å². The summed E-state index contributed by atoms with van der Waals surface area (Å²) in [6.45, 7) is 1.16. The number of nitrogens with zero attached hydrogens (tertiary/aromatic N) is 4. The predicted molar refractivity (Wildman–Crippen MR) is 211 cm³/mol. The van der Waals surface area contributed by atoms with Gasteiger partial charge in [-0.25, -0.2) is 18.7 Å². The van der Waals surface area contributed by atoms with Crippen molar-refractivity contribution < 1.29 is 33.3 Å². The van der Waals surface area contributed by atoms with E-state index in [1.807, 2.05) is 46.2 Å². The number of aromatic nitrogens is 4. The summed E-state index contributed by atoms with van der Waals surface area (Å²) in [5.41, 5.74) is 8.01. The molecule has 0 aliphatic carbocycles. The Balaban J connectivity index is 0.962. The second-order valence-electron chi connectivity index (χ2n) is 14.0. The lowest BCUT2D eigenvalue weighted by Gasteiger charge is -2.37. The Labute approximate surface area is 321 Å². The molecule has 288 valence electrons. The van der Waals surface area contributed by atoms with E-state index < -0.39 is 12.1 Å². The molecule has 0 saturated heterocycles. The van der Waals surface area contributed by atoms with Gasteiger partial charge in [-0.15, -0.1) is 0 Å². The molecule has 4 aromatic heterocycles. The summed E-state index contributed by atoms with van der Waals surface area (Å²) >= 11 is 0. The number of Topliss-reactive ketones (excluding diaryl/α,β-unsaturated/α-hetero) is 1. The van der Waals surface area contributed by atoms with Crippen LogP contribution in [-0.4, -0.2) is 111 Å². The van der Waals surface area contributed by atoms with Gasteiger partial charge >= 0.3 is 0 Å². The minimum absolute atomic E-state index is 0.226. The van der Waals surface area contributed by atoms with Gasteiger partial charge in [0, 0.05) is 71.9 Å². The highest BCUT2D eigenvalue weighted by molar-refractivity contribution is 5.98. The van der Waals surface area contributed by atoms with Crippen molar-refractivity contribution in [2.45, 2.75) is 24.9 Å². The lowest BCUT2D eigenvalue weighted by Crippen LogP contribution is -2.55. The third-order valence-corrected chi connectivity index (χ3v) is 11.0. The van der Waals surface area contributed by atoms with Crippen molar-refractivity contribution in [2.75, 3.05) is 53.6 Å². The van der Waals surface area contributed by atoms with Gasteiger partial charge in [0.05, 0.1) is 39.5 Å². The number of benzene rings is 2. The number of fused-ring (bicyclic) bond motifs is 2. The highest BCUT2D eigenvalue weighted by Gasteiger charge is 2.35. The van der Waals surface area contributed by atoms with Crippen LogP contribution in [0.15, 0.2) is 85.2 Å². The number of aliphatic hydroxyl groups excluding tert-OH is 2. The number of nitrogens with one attached hydrogen (secondary N) is 2. The first-order valence-corrected chi connectivity index (χ1v) is 18.6. The fourth-order valence-corrected chi connectivity index (χ4v) is 8.07. The number of aromatic amines is 2. The first kappa shape index (κ1) is 37.2. The zero-order chi connectivity index (χ0) is 38.9. The molecule has 0 amide bonds.